The molecule has 1 saturated heterocycles. The summed E-state index contributed by atoms with van der Waals surface area (Å²) in [7, 11) is -4.41. The Balaban J connectivity index is 2.08. The zero-order valence-electron chi connectivity index (χ0n) is 14.8. The molecule has 3 rings (SSSR count). The van der Waals surface area contributed by atoms with Gasteiger partial charge in [0.15, 0.2) is 9.84 Å². The van der Waals surface area contributed by atoms with E-state index in [1.807, 2.05) is 30.1 Å². The Bertz CT molecular complexity index is 979. The van der Waals surface area contributed by atoms with Gasteiger partial charge >= 0.3 is 0 Å². The molecule has 0 aromatic carbocycles. The van der Waals surface area contributed by atoms with Crippen molar-refractivity contribution < 1.29 is 12.6 Å². The smallest absolute Gasteiger partial charge is 0.153 e. The minimum Gasteiger partial charge on any atom is -0.355 e. The second-order valence-corrected chi connectivity index (χ2v) is 11.8. The number of nitrogens with zero attached hydrogens (tertiary/aromatic N) is 4. The third kappa shape index (κ3) is 3.94. The summed E-state index contributed by atoms with van der Waals surface area (Å²) in [5, 5.41) is 0.499. The maximum atomic E-state index is 12.3. The molecule has 1 unspecified atom stereocenters. The summed E-state index contributed by atoms with van der Waals surface area (Å²) in [6.07, 6.45) is 4.84. The molecule has 142 valence electrons. The molecule has 1 fully saturated rings. The maximum absolute atomic E-state index is 12.3. The summed E-state index contributed by atoms with van der Waals surface area (Å²) in [6, 6.07) is 1.75. The van der Waals surface area contributed by atoms with Crippen LogP contribution in [0.2, 0.25) is 5.02 Å². The van der Waals surface area contributed by atoms with Crippen molar-refractivity contribution >= 4 is 50.0 Å². The molecule has 0 N–H and O–H groups in total. The van der Waals surface area contributed by atoms with E-state index in [1.165, 1.54) is 0 Å². The van der Waals surface area contributed by atoms with Gasteiger partial charge in [-0.1, -0.05) is 11.6 Å². The Hall–Kier alpha value is -1.45. The molecule has 1 aliphatic rings. The molecular formula is C16H21ClN4O3S2. The lowest BCUT2D eigenvalue weighted by Gasteiger charge is -2.30. The molecule has 2 aromatic heterocycles. The highest BCUT2D eigenvalue weighted by Gasteiger charge is 2.26. The minimum atomic E-state index is -3.00. The highest BCUT2D eigenvalue weighted by atomic mass is 35.5. The van der Waals surface area contributed by atoms with E-state index in [4.69, 9.17) is 11.6 Å². The number of imidazole rings is 1. The predicted octanol–water partition coefficient (Wildman–Crippen LogP) is 2.10. The fraction of sp³-hybridized carbons (Fsp3) is 0.500. The van der Waals surface area contributed by atoms with Gasteiger partial charge in [0.25, 0.3) is 0 Å². The lowest BCUT2D eigenvalue weighted by Crippen LogP contribution is -2.41. The zero-order valence-corrected chi connectivity index (χ0v) is 17.2. The molecule has 3 heterocycles. The molecule has 0 bridgehead atoms. The van der Waals surface area contributed by atoms with Crippen LogP contribution in [0.25, 0.3) is 5.52 Å². The summed E-state index contributed by atoms with van der Waals surface area (Å²) >= 11 is 6.35. The lowest BCUT2D eigenvalue weighted by molar-refractivity contribution is 0.586. The van der Waals surface area contributed by atoms with Crippen molar-refractivity contribution in [3.05, 3.63) is 29.2 Å². The summed E-state index contributed by atoms with van der Waals surface area (Å²) in [4.78, 5) is 6.13. The zero-order chi connectivity index (χ0) is 19.1. The monoisotopic (exact) mass is 416 g/mol. The number of aromatic nitrogens is 2. The molecule has 26 heavy (non-hydrogen) atoms. The van der Waals surface area contributed by atoms with Gasteiger partial charge < -0.3 is 4.90 Å². The molecule has 7 nitrogen and oxygen atoms in total. The highest BCUT2D eigenvalue weighted by Crippen LogP contribution is 2.29. The second kappa shape index (κ2) is 6.94. The third-order valence-electron chi connectivity index (χ3n) is 4.11. The Morgan fingerprint density at radius 1 is 1.31 bits per heavy atom. The first-order valence-corrected chi connectivity index (χ1v) is 11.4. The van der Waals surface area contributed by atoms with Crippen LogP contribution in [-0.2, 0) is 20.8 Å². The van der Waals surface area contributed by atoms with Crippen molar-refractivity contribution in [3.8, 4) is 0 Å². The van der Waals surface area contributed by atoms with E-state index in [2.05, 4.69) is 9.38 Å². The van der Waals surface area contributed by atoms with Gasteiger partial charge in [0.2, 0.25) is 0 Å². The molecule has 0 spiro atoms. The summed E-state index contributed by atoms with van der Waals surface area (Å²) in [6.45, 7) is 6.30. The van der Waals surface area contributed by atoms with E-state index in [-0.39, 0.29) is 11.5 Å². The Morgan fingerprint density at radius 3 is 2.58 bits per heavy atom. The largest absolute Gasteiger partial charge is 0.355 e. The first-order valence-electron chi connectivity index (χ1n) is 8.14. The Kier molecular flexibility index (Phi) is 5.15. The highest BCUT2D eigenvalue weighted by molar-refractivity contribution is 7.91. The van der Waals surface area contributed by atoms with Crippen LogP contribution in [0.4, 0.5) is 5.82 Å². The van der Waals surface area contributed by atoms with Crippen LogP contribution in [0.1, 0.15) is 26.3 Å². The van der Waals surface area contributed by atoms with E-state index >= 15 is 0 Å². The Morgan fingerprint density at radius 2 is 1.96 bits per heavy atom. The van der Waals surface area contributed by atoms with Crippen LogP contribution >= 0.6 is 11.6 Å². The summed E-state index contributed by atoms with van der Waals surface area (Å²) < 4.78 is 41.4. The van der Waals surface area contributed by atoms with Gasteiger partial charge in [0.05, 0.1) is 33.0 Å². The topological polar surface area (TPSA) is 84.1 Å². The van der Waals surface area contributed by atoms with Gasteiger partial charge in [-0.05, 0) is 26.8 Å². The van der Waals surface area contributed by atoms with Crippen molar-refractivity contribution in [3.63, 3.8) is 0 Å². The van der Waals surface area contributed by atoms with Gasteiger partial charge in [0.1, 0.15) is 23.1 Å². The van der Waals surface area contributed by atoms with E-state index < -0.39 is 25.6 Å². The number of fused-ring (bicyclic) bond motifs is 1. The van der Waals surface area contributed by atoms with Crippen molar-refractivity contribution in [2.75, 3.05) is 29.5 Å². The second-order valence-electron chi connectivity index (χ2n) is 7.16. The fourth-order valence-corrected chi connectivity index (χ4v) is 4.66. The average molecular weight is 417 g/mol. The molecule has 0 amide bonds. The average Bonchev–Trinajstić information content (AvgIpc) is 3.02. The molecule has 0 radical (unpaired) electrons. The number of pyridine rings is 1. The van der Waals surface area contributed by atoms with Crippen LogP contribution in [-0.4, -0.2) is 57.6 Å². The van der Waals surface area contributed by atoms with E-state index in [0.29, 0.717) is 23.7 Å². The SMILES string of the molecule is CC(C)(C)S(=O)/N=C/c1cc(Cl)c2cncn2c1N1CCS(=O)(=O)CC1. The molecule has 0 saturated carbocycles. The van der Waals surface area contributed by atoms with E-state index in [9.17, 15) is 12.6 Å². The predicted molar refractivity (Wildman–Crippen MR) is 107 cm³/mol. The molecule has 1 atom stereocenters. The van der Waals surface area contributed by atoms with Gasteiger partial charge in [-0.2, -0.15) is 4.40 Å². The van der Waals surface area contributed by atoms with Crippen LogP contribution in [0.5, 0.6) is 0 Å². The quantitative estimate of drug-likeness (QED) is 0.715. The summed E-state index contributed by atoms with van der Waals surface area (Å²) in [5.41, 5.74) is 1.40. The number of sulfone groups is 1. The van der Waals surface area contributed by atoms with Crippen molar-refractivity contribution in [2.24, 2.45) is 4.40 Å². The van der Waals surface area contributed by atoms with E-state index in [0.717, 1.165) is 11.3 Å². The van der Waals surface area contributed by atoms with Crippen molar-refractivity contribution in [2.45, 2.75) is 25.5 Å². The number of hydrogen-bond acceptors (Lipinski definition) is 5. The number of anilines is 1. The number of halogens is 1. The first-order chi connectivity index (χ1) is 12.1. The number of rotatable bonds is 3. The minimum absolute atomic E-state index is 0.0936. The van der Waals surface area contributed by atoms with Gasteiger partial charge in [-0.25, -0.2) is 17.6 Å². The van der Waals surface area contributed by atoms with Gasteiger partial charge in [-0.3, -0.25) is 4.40 Å². The van der Waals surface area contributed by atoms with E-state index in [1.54, 1.807) is 24.8 Å². The van der Waals surface area contributed by atoms with Crippen molar-refractivity contribution in [1.29, 1.82) is 0 Å². The van der Waals surface area contributed by atoms with Crippen LogP contribution in [0.15, 0.2) is 23.0 Å². The van der Waals surface area contributed by atoms with Crippen LogP contribution < -0.4 is 4.90 Å². The molecule has 2 aromatic rings. The van der Waals surface area contributed by atoms with Gasteiger partial charge in [-0.15, -0.1) is 0 Å². The van der Waals surface area contributed by atoms with Crippen LogP contribution in [0.3, 0.4) is 0 Å². The van der Waals surface area contributed by atoms with Gasteiger partial charge in [0, 0.05) is 24.9 Å². The lowest BCUT2D eigenvalue weighted by atomic mass is 10.2. The normalized spacial score (nSPS) is 19.3. The first kappa shape index (κ1) is 19.3. The number of hydrogen-bond donors (Lipinski definition) is 0. The molecule has 0 aliphatic carbocycles. The fourth-order valence-electron chi connectivity index (χ4n) is 2.67. The van der Waals surface area contributed by atoms with Crippen molar-refractivity contribution in [1.82, 2.24) is 9.38 Å². The molecular weight excluding hydrogens is 396 g/mol. The summed E-state index contributed by atoms with van der Waals surface area (Å²) in [5.74, 6) is 0.943. The maximum Gasteiger partial charge on any atom is 0.153 e. The third-order valence-corrected chi connectivity index (χ3v) is 7.36. The van der Waals surface area contributed by atoms with Crippen LogP contribution in [0, 0.1) is 0 Å². The Labute approximate surface area is 160 Å². The standard InChI is InChI=1S/C16H21ClN4O3S2/c1-16(2,3)25(22)19-9-12-8-13(17)14-10-18-11-21(14)15(12)20-4-6-26(23,24)7-5-20/h8-11H,4-7H2,1-3H3/b19-9+. The molecule has 1 aliphatic heterocycles. The molecule has 10 heteroatoms.